The van der Waals surface area contributed by atoms with Gasteiger partial charge in [0, 0.05) is 32.2 Å². The highest BCUT2D eigenvalue weighted by Gasteiger charge is 2.02. The Morgan fingerprint density at radius 1 is 1.35 bits per heavy atom. The molecule has 1 N–H and O–H groups in total. The molecule has 0 aliphatic rings. The molecule has 17 heavy (non-hydrogen) atoms. The van der Waals surface area contributed by atoms with Crippen LogP contribution < -0.4 is 5.32 Å². The second-order valence-electron chi connectivity index (χ2n) is 3.72. The lowest BCUT2D eigenvalue weighted by atomic mass is 10.3. The minimum atomic E-state index is 0.496. The van der Waals surface area contributed by atoms with Gasteiger partial charge in [0.1, 0.15) is 16.8 Å². The largest absolute Gasteiger partial charge is 0.382 e. The van der Waals surface area contributed by atoms with Crippen molar-refractivity contribution in [2.75, 3.05) is 25.1 Å². The number of hydrogen-bond acceptors (Lipinski definition) is 4. The molecule has 0 saturated heterocycles. The molecule has 4 nitrogen and oxygen atoms in total. The lowest BCUT2D eigenvalue weighted by Gasteiger charge is -2.07. The molecule has 1 rings (SSSR count). The number of hydrogen-bond donors (Lipinski definition) is 1. The van der Waals surface area contributed by atoms with Gasteiger partial charge in [-0.05, 0) is 19.8 Å². The van der Waals surface area contributed by atoms with Gasteiger partial charge in [0.15, 0.2) is 0 Å². The van der Waals surface area contributed by atoms with Crippen LogP contribution in [0.15, 0.2) is 6.07 Å². The maximum Gasteiger partial charge on any atom is 0.134 e. The van der Waals surface area contributed by atoms with Crippen LogP contribution in [-0.2, 0) is 11.2 Å². The van der Waals surface area contributed by atoms with E-state index in [2.05, 4.69) is 22.2 Å². The highest BCUT2D eigenvalue weighted by Crippen LogP contribution is 2.12. The van der Waals surface area contributed by atoms with Crippen molar-refractivity contribution in [2.24, 2.45) is 0 Å². The second kappa shape index (κ2) is 8.25. The van der Waals surface area contributed by atoms with E-state index in [1.54, 1.807) is 6.07 Å². The van der Waals surface area contributed by atoms with E-state index < -0.39 is 0 Å². The van der Waals surface area contributed by atoms with Gasteiger partial charge in [-0.3, -0.25) is 0 Å². The molecule has 0 spiro atoms. The van der Waals surface area contributed by atoms with E-state index in [4.69, 9.17) is 16.3 Å². The third-order valence-corrected chi connectivity index (χ3v) is 2.38. The Balaban J connectivity index is 2.41. The summed E-state index contributed by atoms with van der Waals surface area (Å²) in [5.74, 6) is 1.59. The summed E-state index contributed by atoms with van der Waals surface area (Å²) in [5.41, 5.74) is 0. The maximum atomic E-state index is 5.93. The zero-order valence-electron chi connectivity index (χ0n) is 10.5. The van der Waals surface area contributed by atoms with E-state index in [-0.39, 0.29) is 0 Å². The quantitative estimate of drug-likeness (QED) is 0.575. The van der Waals surface area contributed by atoms with Crippen LogP contribution in [0.25, 0.3) is 0 Å². The van der Waals surface area contributed by atoms with Crippen molar-refractivity contribution in [1.82, 2.24) is 9.97 Å². The van der Waals surface area contributed by atoms with Crippen LogP contribution in [0, 0.1) is 0 Å². The average Bonchev–Trinajstić information content (AvgIpc) is 2.28. The van der Waals surface area contributed by atoms with Gasteiger partial charge in [-0.1, -0.05) is 18.5 Å². The van der Waals surface area contributed by atoms with E-state index in [0.29, 0.717) is 5.15 Å². The molecule has 0 amide bonds. The molecule has 0 saturated carbocycles. The molecular formula is C12H20ClN3O. The van der Waals surface area contributed by atoms with E-state index in [1.807, 2.05) is 6.92 Å². The summed E-state index contributed by atoms with van der Waals surface area (Å²) in [4.78, 5) is 8.56. The van der Waals surface area contributed by atoms with Crippen LogP contribution in [0.4, 0.5) is 5.82 Å². The molecule has 0 atom stereocenters. The SMILES string of the molecule is CCCc1nc(Cl)cc(NCCCOCC)n1. The lowest BCUT2D eigenvalue weighted by molar-refractivity contribution is 0.147. The van der Waals surface area contributed by atoms with Crippen molar-refractivity contribution in [3.8, 4) is 0 Å². The average molecular weight is 258 g/mol. The number of aryl methyl sites for hydroxylation is 1. The Morgan fingerprint density at radius 3 is 2.88 bits per heavy atom. The monoisotopic (exact) mass is 257 g/mol. The van der Waals surface area contributed by atoms with Gasteiger partial charge in [0.25, 0.3) is 0 Å². The first-order chi connectivity index (χ1) is 8.26. The summed E-state index contributed by atoms with van der Waals surface area (Å²) in [5, 5.41) is 3.72. The van der Waals surface area contributed by atoms with Crippen molar-refractivity contribution in [3.63, 3.8) is 0 Å². The molecule has 1 heterocycles. The van der Waals surface area contributed by atoms with Crippen molar-refractivity contribution in [2.45, 2.75) is 33.1 Å². The van der Waals surface area contributed by atoms with Gasteiger partial charge in [-0.15, -0.1) is 0 Å². The van der Waals surface area contributed by atoms with E-state index in [1.165, 1.54) is 0 Å². The number of aromatic nitrogens is 2. The van der Waals surface area contributed by atoms with Crippen molar-refractivity contribution >= 4 is 17.4 Å². The molecule has 0 bridgehead atoms. The Morgan fingerprint density at radius 2 is 2.18 bits per heavy atom. The Kier molecular flexibility index (Phi) is 6.89. The van der Waals surface area contributed by atoms with Gasteiger partial charge < -0.3 is 10.1 Å². The predicted octanol–water partition coefficient (Wildman–Crippen LogP) is 2.92. The molecule has 0 aromatic carbocycles. The lowest BCUT2D eigenvalue weighted by Crippen LogP contribution is -2.08. The van der Waals surface area contributed by atoms with Crippen LogP contribution in [0.1, 0.15) is 32.5 Å². The van der Waals surface area contributed by atoms with E-state index >= 15 is 0 Å². The molecule has 0 unspecified atom stereocenters. The zero-order valence-corrected chi connectivity index (χ0v) is 11.3. The Bertz CT molecular complexity index is 334. The van der Waals surface area contributed by atoms with Gasteiger partial charge in [0.2, 0.25) is 0 Å². The standard InChI is InChI=1S/C12H20ClN3O/c1-3-6-11-15-10(13)9-12(16-11)14-7-5-8-17-4-2/h9H,3-8H2,1-2H3,(H,14,15,16). The predicted molar refractivity (Wildman–Crippen MR) is 70.6 cm³/mol. The van der Waals surface area contributed by atoms with Crippen LogP contribution >= 0.6 is 11.6 Å². The molecule has 1 aromatic heterocycles. The normalized spacial score (nSPS) is 10.5. The van der Waals surface area contributed by atoms with Gasteiger partial charge in [0.05, 0.1) is 0 Å². The van der Waals surface area contributed by atoms with Crippen LogP contribution in [0.2, 0.25) is 5.15 Å². The molecule has 96 valence electrons. The molecule has 0 aliphatic carbocycles. The van der Waals surface area contributed by atoms with Gasteiger partial charge >= 0.3 is 0 Å². The third-order valence-electron chi connectivity index (χ3n) is 2.19. The summed E-state index contributed by atoms with van der Waals surface area (Å²) in [7, 11) is 0. The fourth-order valence-corrected chi connectivity index (χ4v) is 1.63. The molecule has 1 aromatic rings. The molecule has 0 aliphatic heterocycles. The number of anilines is 1. The summed E-state index contributed by atoms with van der Waals surface area (Å²) < 4.78 is 5.26. The number of rotatable bonds is 8. The summed E-state index contributed by atoms with van der Waals surface area (Å²) in [6, 6.07) is 1.75. The Hall–Kier alpha value is -0.870. The first-order valence-corrected chi connectivity index (χ1v) is 6.49. The molecule has 0 radical (unpaired) electrons. The topological polar surface area (TPSA) is 47.0 Å². The van der Waals surface area contributed by atoms with Crippen molar-refractivity contribution in [3.05, 3.63) is 17.0 Å². The van der Waals surface area contributed by atoms with Crippen molar-refractivity contribution < 1.29 is 4.74 Å². The van der Waals surface area contributed by atoms with Gasteiger partial charge in [-0.25, -0.2) is 9.97 Å². The fourth-order valence-electron chi connectivity index (χ4n) is 1.43. The number of nitrogens with one attached hydrogen (secondary N) is 1. The first-order valence-electron chi connectivity index (χ1n) is 6.11. The van der Waals surface area contributed by atoms with Crippen LogP contribution in [-0.4, -0.2) is 29.7 Å². The van der Waals surface area contributed by atoms with Crippen LogP contribution in [0.5, 0.6) is 0 Å². The number of halogens is 1. The Labute approximate surface area is 108 Å². The fraction of sp³-hybridized carbons (Fsp3) is 0.667. The highest BCUT2D eigenvalue weighted by molar-refractivity contribution is 6.29. The van der Waals surface area contributed by atoms with E-state index in [9.17, 15) is 0 Å². The maximum absolute atomic E-state index is 5.93. The van der Waals surface area contributed by atoms with Crippen molar-refractivity contribution in [1.29, 1.82) is 0 Å². The van der Waals surface area contributed by atoms with E-state index in [0.717, 1.165) is 50.7 Å². The number of ether oxygens (including phenoxy) is 1. The van der Waals surface area contributed by atoms with Crippen LogP contribution in [0.3, 0.4) is 0 Å². The third kappa shape index (κ3) is 5.84. The minimum absolute atomic E-state index is 0.496. The zero-order chi connectivity index (χ0) is 12.5. The molecule has 5 heteroatoms. The summed E-state index contributed by atoms with van der Waals surface area (Å²) in [6.45, 7) is 6.46. The molecule has 0 fully saturated rings. The molecular weight excluding hydrogens is 238 g/mol. The number of nitrogens with zero attached hydrogens (tertiary/aromatic N) is 2. The first kappa shape index (κ1) is 14.2. The smallest absolute Gasteiger partial charge is 0.134 e. The minimum Gasteiger partial charge on any atom is -0.382 e. The summed E-state index contributed by atoms with van der Waals surface area (Å²) in [6.07, 6.45) is 2.83. The highest BCUT2D eigenvalue weighted by atomic mass is 35.5. The summed E-state index contributed by atoms with van der Waals surface area (Å²) >= 11 is 5.93. The second-order valence-corrected chi connectivity index (χ2v) is 4.11. The van der Waals surface area contributed by atoms with Gasteiger partial charge in [-0.2, -0.15) is 0 Å².